The van der Waals surface area contributed by atoms with E-state index in [1.165, 1.54) is 0 Å². The van der Waals surface area contributed by atoms with Gasteiger partial charge in [-0.1, -0.05) is 47.8 Å². The van der Waals surface area contributed by atoms with Gasteiger partial charge in [0.1, 0.15) is 0 Å². The average Bonchev–Trinajstić information content (AvgIpc) is 2.09. The fourth-order valence-corrected chi connectivity index (χ4v) is 2.90. The van der Waals surface area contributed by atoms with Crippen LogP contribution >= 0.6 is 47.8 Å². The number of carbonyl (C=O) groups excluding carboxylic acids is 1. The summed E-state index contributed by atoms with van der Waals surface area (Å²) in [5, 5.41) is 0. The van der Waals surface area contributed by atoms with Gasteiger partial charge >= 0.3 is 0 Å². The molecule has 1 aliphatic carbocycles. The van der Waals surface area contributed by atoms with Gasteiger partial charge in [-0.2, -0.15) is 0 Å². The minimum Gasteiger partial charge on any atom is -0.289 e. The lowest BCUT2D eigenvalue weighted by Gasteiger charge is -2.29. The van der Waals surface area contributed by atoms with Crippen LogP contribution in [0.15, 0.2) is 20.1 Å². The molecule has 0 saturated heterocycles. The van der Waals surface area contributed by atoms with Gasteiger partial charge in [-0.15, -0.1) is 0 Å². The third kappa shape index (κ3) is 1.73. The van der Waals surface area contributed by atoms with Gasteiger partial charge in [0.25, 0.3) is 0 Å². The molecule has 1 aliphatic rings. The smallest absolute Gasteiger partial charge is 0.186 e. The maximum atomic E-state index is 11.6. The molecule has 0 amide bonds. The van der Waals surface area contributed by atoms with Gasteiger partial charge in [-0.05, 0) is 20.8 Å². The zero-order valence-corrected chi connectivity index (χ0v) is 12.3. The second kappa shape index (κ2) is 3.63. The van der Waals surface area contributed by atoms with E-state index in [4.69, 9.17) is 0 Å². The van der Waals surface area contributed by atoms with Gasteiger partial charge in [0.2, 0.25) is 0 Å². The molecule has 13 heavy (non-hydrogen) atoms. The number of halogens is 3. The van der Waals surface area contributed by atoms with Gasteiger partial charge in [-0.3, -0.25) is 4.79 Å². The molecule has 72 valence electrons. The summed E-state index contributed by atoms with van der Waals surface area (Å²) in [6.07, 6.45) is 0. The highest BCUT2D eigenvalue weighted by molar-refractivity contribution is 9.16. The van der Waals surface area contributed by atoms with E-state index in [9.17, 15) is 4.79 Å². The lowest BCUT2D eigenvalue weighted by atomic mass is 9.93. The van der Waals surface area contributed by atoms with Crippen LogP contribution in [0.1, 0.15) is 20.8 Å². The molecule has 0 radical (unpaired) electrons. The van der Waals surface area contributed by atoms with E-state index in [0.717, 1.165) is 20.1 Å². The van der Waals surface area contributed by atoms with Gasteiger partial charge in [-0.25, -0.2) is 0 Å². The number of allylic oxidation sites excluding steroid dienone is 4. The van der Waals surface area contributed by atoms with Crippen molar-refractivity contribution in [2.75, 3.05) is 0 Å². The Balaban J connectivity index is 3.39. The molecular formula is C9H9Br3O. The first-order valence-electron chi connectivity index (χ1n) is 3.77. The highest BCUT2D eigenvalue weighted by Gasteiger charge is 2.37. The fraction of sp³-hybridized carbons (Fsp3) is 0.444. The van der Waals surface area contributed by atoms with Crippen molar-refractivity contribution in [3.8, 4) is 0 Å². The molecule has 0 unspecified atom stereocenters. The van der Waals surface area contributed by atoms with Gasteiger partial charge in [0.15, 0.2) is 5.78 Å². The first-order chi connectivity index (χ1) is 5.80. The largest absolute Gasteiger partial charge is 0.289 e. The second-order valence-electron chi connectivity index (χ2n) is 3.21. The van der Waals surface area contributed by atoms with Crippen LogP contribution in [-0.4, -0.2) is 10.1 Å². The minimum absolute atomic E-state index is 0.0932. The number of Topliss-reactive ketones (excluding diaryl/α,β-unsaturated/α-hetero) is 1. The highest BCUT2D eigenvalue weighted by atomic mass is 79.9. The maximum Gasteiger partial charge on any atom is 0.186 e. The third-order valence-corrected chi connectivity index (χ3v) is 6.80. The van der Waals surface area contributed by atoms with Crippen molar-refractivity contribution in [2.45, 2.75) is 25.1 Å². The Morgan fingerprint density at radius 1 is 1.08 bits per heavy atom. The van der Waals surface area contributed by atoms with Gasteiger partial charge in [0.05, 0.1) is 4.32 Å². The number of alkyl halides is 1. The summed E-state index contributed by atoms with van der Waals surface area (Å²) in [5.74, 6) is 0.0932. The molecule has 0 bridgehead atoms. The van der Waals surface area contributed by atoms with Crippen LogP contribution in [0.4, 0.5) is 0 Å². The number of ketones is 1. The summed E-state index contributed by atoms with van der Waals surface area (Å²) >= 11 is 10.4. The summed E-state index contributed by atoms with van der Waals surface area (Å²) in [4.78, 5) is 11.6. The molecule has 0 N–H and O–H groups in total. The average molecular weight is 373 g/mol. The van der Waals surface area contributed by atoms with E-state index in [0.29, 0.717) is 0 Å². The van der Waals surface area contributed by atoms with Crippen LogP contribution in [0.2, 0.25) is 0 Å². The Kier molecular flexibility index (Phi) is 3.26. The Labute approximate surface area is 103 Å². The van der Waals surface area contributed by atoms with Crippen molar-refractivity contribution >= 4 is 53.6 Å². The second-order valence-corrected chi connectivity index (χ2v) is 6.38. The SMILES string of the molecule is CC1=C(Br)C(C)(Br)C(Br)=C(C)C1=O. The summed E-state index contributed by atoms with van der Waals surface area (Å²) in [7, 11) is 0. The lowest BCUT2D eigenvalue weighted by molar-refractivity contribution is -0.112. The minimum atomic E-state index is -0.297. The first-order valence-corrected chi connectivity index (χ1v) is 6.15. The van der Waals surface area contributed by atoms with Crippen molar-refractivity contribution < 1.29 is 4.79 Å². The Hall–Kier alpha value is 0.590. The van der Waals surface area contributed by atoms with Crippen LogP contribution in [0.25, 0.3) is 0 Å². The molecule has 0 aromatic heterocycles. The molecule has 0 aromatic rings. The molecule has 0 aromatic carbocycles. The molecule has 1 nitrogen and oxygen atoms in total. The topological polar surface area (TPSA) is 17.1 Å². The van der Waals surface area contributed by atoms with E-state index in [2.05, 4.69) is 47.8 Å². The zero-order chi connectivity index (χ0) is 10.4. The van der Waals surface area contributed by atoms with E-state index < -0.39 is 0 Å². The summed E-state index contributed by atoms with van der Waals surface area (Å²) in [5.41, 5.74) is 1.53. The van der Waals surface area contributed by atoms with Crippen LogP contribution < -0.4 is 0 Å². The van der Waals surface area contributed by atoms with E-state index in [1.807, 2.05) is 20.8 Å². The molecule has 1 rings (SSSR count). The van der Waals surface area contributed by atoms with Gasteiger partial charge < -0.3 is 0 Å². The maximum absolute atomic E-state index is 11.6. The Morgan fingerprint density at radius 2 is 1.38 bits per heavy atom. The predicted octanol–water partition coefficient (Wildman–Crippen LogP) is 4.06. The van der Waals surface area contributed by atoms with Crippen LogP contribution in [-0.2, 0) is 4.79 Å². The molecule has 0 aliphatic heterocycles. The zero-order valence-electron chi connectivity index (χ0n) is 7.54. The molecule has 4 heteroatoms. The summed E-state index contributed by atoms with van der Waals surface area (Å²) in [6.45, 7) is 5.66. The molecule has 0 heterocycles. The van der Waals surface area contributed by atoms with Crippen LogP contribution in [0.3, 0.4) is 0 Å². The number of carbonyl (C=O) groups is 1. The number of hydrogen-bond donors (Lipinski definition) is 0. The van der Waals surface area contributed by atoms with Crippen molar-refractivity contribution in [1.29, 1.82) is 0 Å². The standard InChI is InChI=1S/C9H9Br3O/c1-4-6(13)5(2)8(11)9(3,12)7(4)10/h1-3H3. The Morgan fingerprint density at radius 3 is 1.69 bits per heavy atom. The van der Waals surface area contributed by atoms with Crippen molar-refractivity contribution in [3.63, 3.8) is 0 Å². The quantitative estimate of drug-likeness (QED) is 0.586. The highest BCUT2D eigenvalue weighted by Crippen LogP contribution is 2.47. The number of rotatable bonds is 0. The van der Waals surface area contributed by atoms with Crippen LogP contribution in [0, 0.1) is 0 Å². The Bertz CT molecular complexity index is 307. The van der Waals surface area contributed by atoms with E-state index in [1.54, 1.807) is 0 Å². The molecule has 0 spiro atoms. The van der Waals surface area contributed by atoms with Crippen LogP contribution in [0.5, 0.6) is 0 Å². The lowest BCUT2D eigenvalue weighted by Crippen LogP contribution is -2.26. The first kappa shape index (κ1) is 11.7. The molecule has 0 saturated carbocycles. The molecule has 0 atom stereocenters. The summed E-state index contributed by atoms with van der Waals surface area (Å²) in [6, 6.07) is 0. The molecule has 0 fully saturated rings. The van der Waals surface area contributed by atoms with Crippen molar-refractivity contribution in [1.82, 2.24) is 0 Å². The monoisotopic (exact) mass is 370 g/mol. The summed E-state index contributed by atoms with van der Waals surface area (Å²) < 4.78 is 1.49. The predicted molar refractivity (Wildman–Crippen MR) is 65.6 cm³/mol. The van der Waals surface area contributed by atoms with E-state index >= 15 is 0 Å². The van der Waals surface area contributed by atoms with Crippen molar-refractivity contribution in [2.24, 2.45) is 0 Å². The molecular weight excluding hydrogens is 364 g/mol. The normalized spacial score (nSPS) is 22.8. The third-order valence-electron chi connectivity index (χ3n) is 2.16. The van der Waals surface area contributed by atoms with E-state index in [-0.39, 0.29) is 10.1 Å². The van der Waals surface area contributed by atoms with Gasteiger partial charge in [0, 0.05) is 20.1 Å². The van der Waals surface area contributed by atoms with Crippen molar-refractivity contribution in [3.05, 3.63) is 20.1 Å². The fourth-order valence-electron chi connectivity index (χ4n) is 1.28. The number of hydrogen-bond acceptors (Lipinski definition) is 1.